The molecule has 0 bridgehead atoms. The van der Waals surface area contributed by atoms with Crippen molar-refractivity contribution in [3.8, 4) is 0 Å². The topological polar surface area (TPSA) is 59.2 Å². The number of pyridine rings is 1. The van der Waals surface area contributed by atoms with Gasteiger partial charge in [0, 0.05) is 44.4 Å². The molecule has 0 radical (unpaired) electrons. The molecule has 0 aromatic carbocycles. The largest absolute Gasteiger partial charge is 0.342 e. The van der Waals surface area contributed by atoms with Crippen LogP contribution in [-0.2, 0) is 4.79 Å². The lowest BCUT2D eigenvalue weighted by Gasteiger charge is -2.41. The molecular formula is C11H15N3O. The summed E-state index contributed by atoms with van der Waals surface area (Å²) in [6.45, 7) is 3.13. The summed E-state index contributed by atoms with van der Waals surface area (Å²) < 4.78 is 0. The number of likely N-dealkylation sites (tertiary alicyclic amines) is 1. The van der Waals surface area contributed by atoms with E-state index < -0.39 is 0 Å². The van der Waals surface area contributed by atoms with Crippen LogP contribution in [-0.4, -0.2) is 28.9 Å². The van der Waals surface area contributed by atoms with Gasteiger partial charge in [-0.25, -0.2) is 0 Å². The van der Waals surface area contributed by atoms with Gasteiger partial charge in [0.2, 0.25) is 5.91 Å². The van der Waals surface area contributed by atoms with Crippen molar-refractivity contribution in [2.75, 3.05) is 13.1 Å². The molecule has 0 spiro atoms. The Bertz CT molecular complexity index is 346. The Labute approximate surface area is 89.1 Å². The Kier molecular flexibility index (Phi) is 2.68. The Morgan fingerprint density at radius 3 is 2.93 bits per heavy atom. The zero-order valence-corrected chi connectivity index (χ0v) is 8.76. The lowest BCUT2D eigenvalue weighted by molar-refractivity contribution is -0.135. The first-order valence-electron chi connectivity index (χ1n) is 5.09. The van der Waals surface area contributed by atoms with E-state index in [4.69, 9.17) is 5.73 Å². The highest BCUT2D eigenvalue weighted by Crippen LogP contribution is 2.27. The molecular weight excluding hydrogens is 190 g/mol. The number of carbonyl (C=O) groups excluding carboxylic acids is 1. The molecule has 1 unspecified atom stereocenters. The van der Waals surface area contributed by atoms with Crippen molar-refractivity contribution in [3.63, 3.8) is 0 Å². The summed E-state index contributed by atoms with van der Waals surface area (Å²) >= 11 is 0. The van der Waals surface area contributed by atoms with Crippen molar-refractivity contribution in [1.29, 1.82) is 0 Å². The van der Waals surface area contributed by atoms with E-state index in [1.165, 1.54) is 0 Å². The Hall–Kier alpha value is -1.42. The highest BCUT2D eigenvalue weighted by atomic mass is 16.2. The minimum atomic E-state index is -0.00528. The van der Waals surface area contributed by atoms with Gasteiger partial charge >= 0.3 is 0 Å². The summed E-state index contributed by atoms with van der Waals surface area (Å²) in [5, 5.41) is 0. The monoisotopic (exact) mass is 205 g/mol. The average Bonchev–Trinajstić information content (AvgIpc) is 2.16. The van der Waals surface area contributed by atoms with Crippen LogP contribution in [0.3, 0.4) is 0 Å². The molecule has 1 aliphatic rings. The van der Waals surface area contributed by atoms with Crippen LogP contribution >= 0.6 is 0 Å². The highest BCUT2D eigenvalue weighted by molar-refractivity contribution is 5.74. The maximum absolute atomic E-state index is 11.0. The minimum absolute atomic E-state index is 0.00528. The summed E-state index contributed by atoms with van der Waals surface area (Å²) in [5.41, 5.74) is 7.13. The predicted molar refractivity (Wildman–Crippen MR) is 56.9 cm³/mol. The van der Waals surface area contributed by atoms with Crippen LogP contribution in [0.15, 0.2) is 24.5 Å². The Morgan fingerprint density at radius 1 is 1.67 bits per heavy atom. The van der Waals surface area contributed by atoms with Crippen molar-refractivity contribution in [1.82, 2.24) is 9.88 Å². The maximum Gasteiger partial charge on any atom is 0.219 e. The predicted octanol–water partition coefficient (Wildman–Crippen LogP) is 0.560. The van der Waals surface area contributed by atoms with E-state index in [9.17, 15) is 4.79 Å². The SMILES string of the molecule is CC(=O)N1CC(C(N)c2cccnc2)C1. The lowest BCUT2D eigenvalue weighted by Crippen LogP contribution is -2.52. The molecule has 2 rings (SSSR count). The molecule has 0 saturated carbocycles. The smallest absolute Gasteiger partial charge is 0.219 e. The second-order valence-corrected chi connectivity index (χ2v) is 4.00. The summed E-state index contributed by atoms with van der Waals surface area (Å²) in [6, 6.07) is 3.86. The minimum Gasteiger partial charge on any atom is -0.342 e. The molecule has 15 heavy (non-hydrogen) atoms. The third-order valence-corrected chi connectivity index (χ3v) is 2.93. The third kappa shape index (κ3) is 1.99. The van der Waals surface area contributed by atoms with Gasteiger partial charge in [-0.05, 0) is 11.6 Å². The molecule has 1 atom stereocenters. The third-order valence-electron chi connectivity index (χ3n) is 2.93. The Balaban J connectivity index is 1.95. The van der Waals surface area contributed by atoms with Gasteiger partial charge < -0.3 is 10.6 Å². The van der Waals surface area contributed by atoms with E-state index in [-0.39, 0.29) is 11.9 Å². The first kappa shape index (κ1) is 10.1. The molecule has 1 aromatic heterocycles. The first-order valence-corrected chi connectivity index (χ1v) is 5.09. The molecule has 1 aromatic rings. The molecule has 2 heterocycles. The second-order valence-electron chi connectivity index (χ2n) is 4.00. The van der Waals surface area contributed by atoms with Gasteiger partial charge in [-0.1, -0.05) is 6.07 Å². The summed E-state index contributed by atoms with van der Waals surface area (Å²) in [5.74, 6) is 0.503. The zero-order valence-electron chi connectivity index (χ0n) is 8.76. The van der Waals surface area contributed by atoms with Gasteiger partial charge in [-0.2, -0.15) is 0 Å². The number of rotatable bonds is 2. The van der Waals surface area contributed by atoms with Crippen LogP contribution < -0.4 is 5.73 Å². The fraction of sp³-hybridized carbons (Fsp3) is 0.455. The van der Waals surface area contributed by atoms with Crippen LogP contribution in [0.5, 0.6) is 0 Å². The number of aromatic nitrogens is 1. The fourth-order valence-corrected chi connectivity index (χ4v) is 1.84. The number of amides is 1. The molecule has 80 valence electrons. The van der Waals surface area contributed by atoms with E-state index >= 15 is 0 Å². The summed E-state index contributed by atoms with van der Waals surface area (Å²) in [6.07, 6.45) is 3.53. The molecule has 2 N–H and O–H groups in total. The highest BCUT2D eigenvalue weighted by Gasteiger charge is 2.33. The van der Waals surface area contributed by atoms with Gasteiger partial charge in [-0.3, -0.25) is 9.78 Å². The average molecular weight is 205 g/mol. The maximum atomic E-state index is 11.0. The molecule has 1 fully saturated rings. The fourth-order valence-electron chi connectivity index (χ4n) is 1.84. The standard InChI is InChI=1S/C11H15N3O/c1-8(15)14-6-10(7-14)11(12)9-3-2-4-13-5-9/h2-5,10-11H,6-7,12H2,1H3. The van der Waals surface area contributed by atoms with Crippen LogP contribution in [0.1, 0.15) is 18.5 Å². The number of hydrogen-bond acceptors (Lipinski definition) is 3. The normalized spacial score (nSPS) is 18.4. The number of hydrogen-bond donors (Lipinski definition) is 1. The molecule has 1 saturated heterocycles. The quantitative estimate of drug-likeness (QED) is 0.767. The van der Waals surface area contributed by atoms with Gasteiger partial charge in [0.25, 0.3) is 0 Å². The molecule has 0 aliphatic carbocycles. The molecule has 4 heteroatoms. The number of carbonyl (C=O) groups is 1. The van der Waals surface area contributed by atoms with E-state index in [0.29, 0.717) is 5.92 Å². The van der Waals surface area contributed by atoms with Gasteiger partial charge in [0.05, 0.1) is 0 Å². The van der Waals surface area contributed by atoms with Crippen molar-refractivity contribution < 1.29 is 4.79 Å². The number of nitrogens with two attached hydrogens (primary N) is 1. The molecule has 1 amide bonds. The first-order chi connectivity index (χ1) is 7.18. The van der Waals surface area contributed by atoms with Crippen molar-refractivity contribution >= 4 is 5.91 Å². The van der Waals surface area contributed by atoms with E-state index in [0.717, 1.165) is 18.7 Å². The summed E-state index contributed by atoms with van der Waals surface area (Å²) in [4.78, 5) is 16.9. The lowest BCUT2D eigenvalue weighted by atomic mass is 9.88. The summed E-state index contributed by atoms with van der Waals surface area (Å²) in [7, 11) is 0. The van der Waals surface area contributed by atoms with Crippen LogP contribution in [0.2, 0.25) is 0 Å². The van der Waals surface area contributed by atoms with Crippen molar-refractivity contribution in [2.24, 2.45) is 11.7 Å². The van der Waals surface area contributed by atoms with Gasteiger partial charge in [-0.15, -0.1) is 0 Å². The van der Waals surface area contributed by atoms with Crippen molar-refractivity contribution in [3.05, 3.63) is 30.1 Å². The van der Waals surface area contributed by atoms with Crippen LogP contribution in [0.4, 0.5) is 0 Å². The molecule has 4 nitrogen and oxygen atoms in total. The van der Waals surface area contributed by atoms with Crippen molar-refractivity contribution in [2.45, 2.75) is 13.0 Å². The van der Waals surface area contributed by atoms with Gasteiger partial charge in [0.15, 0.2) is 0 Å². The number of nitrogens with zero attached hydrogens (tertiary/aromatic N) is 2. The second kappa shape index (κ2) is 3.98. The van der Waals surface area contributed by atoms with Crippen LogP contribution in [0.25, 0.3) is 0 Å². The van der Waals surface area contributed by atoms with E-state index in [1.54, 1.807) is 24.2 Å². The Morgan fingerprint density at radius 2 is 2.40 bits per heavy atom. The molecule has 1 aliphatic heterocycles. The van der Waals surface area contributed by atoms with E-state index in [1.807, 2.05) is 12.1 Å². The van der Waals surface area contributed by atoms with E-state index in [2.05, 4.69) is 4.98 Å². The zero-order chi connectivity index (χ0) is 10.8. The van der Waals surface area contributed by atoms with Crippen LogP contribution in [0, 0.1) is 5.92 Å². The van der Waals surface area contributed by atoms with Gasteiger partial charge in [0.1, 0.15) is 0 Å².